The number of nitrogens with zero attached hydrogens (tertiary/aromatic N) is 3. The summed E-state index contributed by atoms with van der Waals surface area (Å²) in [4.78, 5) is 17.9. The molecule has 2 fully saturated rings. The molecule has 0 spiro atoms. The van der Waals surface area contributed by atoms with Crippen molar-refractivity contribution in [2.45, 2.75) is 19.4 Å². The average Bonchev–Trinajstić information content (AvgIpc) is 3.00. The number of hydrogen-bond donors (Lipinski definition) is 1. The highest BCUT2D eigenvalue weighted by atomic mass is 32.1. The summed E-state index contributed by atoms with van der Waals surface area (Å²) in [7, 11) is 3.56. The van der Waals surface area contributed by atoms with E-state index in [1.807, 2.05) is 12.2 Å². The molecular weight excluding hydrogens is 371 g/mol. The number of ether oxygens (including phenoxy) is 2. The highest BCUT2D eigenvalue weighted by Gasteiger charge is 2.30. The Morgan fingerprint density at radius 3 is 2.70 bits per heavy atom. The van der Waals surface area contributed by atoms with Crippen LogP contribution in [0.15, 0.2) is 23.7 Å². The molecule has 2 saturated heterocycles. The average molecular weight is 401 g/mol. The Kier molecular flexibility index (Phi) is 8.30. The molecule has 9 heteroatoms. The fourth-order valence-electron chi connectivity index (χ4n) is 3.06. The number of allylic oxidation sites excluding steroid dienone is 2. The number of methoxy groups -OCH3 is 1. The van der Waals surface area contributed by atoms with Gasteiger partial charge < -0.3 is 29.5 Å². The molecule has 2 rings (SSSR count). The van der Waals surface area contributed by atoms with Gasteiger partial charge in [-0.25, -0.2) is 9.18 Å². The van der Waals surface area contributed by atoms with Crippen molar-refractivity contribution in [3.05, 3.63) is 23.7 Å². The monoisotopic (exact) mass is 400 g/mol. The molecule has 0 radical (unpaired) electrons. The van der Waals surface area contributed by atoms with Gasteiger partial charge in [0.05, 0.1) is 20.2 Å². The van der Waals surface area contributed by atoms with Gasteiger partial charge in [0, 0.05) is 44.8 Å². The van der Waals surface area contributed by atoms with Gasteiger partial charge >= 0.3 is 6.09 Å². The zero-order chi connectivity index (χ0) is 19.8. The van der Waals surface area contributed by atoms with Gasteiger partial charge in [0.15, 0.2) is 0 Å². The number of hydrogen-bond acceptors (Lipinski definition) is 6. The zero-order valence-electron chi connectivity index (χ0n) is 16.2. The van der Waals surface area contributed by atoms with E-state index in [1.54, 1.807) is 4.90 Å². The Morgan fingerprint density at radius 1 is 1.37 bits per heavy atom. The van der Waals surface area contributed by atoms with Crippen molar-refractivity contribution in [2.75, 3.05) is 60.0 Å². The molecule has 27 heavy (non-hydrogen) atoms. The van der Waals surface area contributed by atoms with Crippen LogP contribution < -0.4 is 5.32 Å². The normalized spacial score (nSPS) is 22.1. The summed E-state index contributed by atoms with van der Waals surface area (Å²) < 4.78 is 24.1. The molecule has 1 N–H and O–H groups in total. The summed E-state index contributed by atoms with van der Waals surface area (Å²) in [6, 6.07) is 0. The van der Waals surface area contributed by atoms with Crippen LogP contribution in [0.3, 0.4) is 0 Å². The molecular formula is C18H29FN4O3S. The number of nitrogens with one attached hydrogen (secondary N) is 1. The SMILES string of the molecule is COC(=S)NCC1CN(C/C=C\C/C(=C(\C)F)N2CCN(C)CC2)C(=O)O1. The Bertz CT molecular complexity index is 587. The summed E-state index contributed by atoms with van der Waals surface area (Å²) >= 11 is 4.90. The second-order valence-corrected chi connectivity index (χ2v) is 7.10. The lowest BCUT2D eigenvalue weighted by atomic mass is 10.2. The van der Waals surface area contributed by atoms with Crippen LogP contribution in [0.2, 0.25) is 0 Å². The molecule has 0 aromatic rings. The lowest BCUT2D eigenvalue weighted by Gasteiger charge is -2.35. The summed E-state index contributed by atoms with van der Waals surface area (Å²) in [6.45, 7) is 6.35. The van der Waals surface area contributed by atoms with E-state index in [4.69, 9.17) is 21.7 Å². The molecule has 0 bridgehead atoms. The van der Waals surface area contributed by atoms with Crippen LogP contribution in [0.1, 0.15) is 13.3 Å². The van der Waals surface area contributed by atoms with Crippen LogP contribution in [0.4, 0.5) is 9.18 Å². The summed E-state index contributed by atoms with van der Waals surface area (Å²) in [6.07, 6.45) is 3.69. The van der Waals surface area contributed by atoms with Crippen LogP contribution in [0.25, 0.3) is 0 Å². The maximum atomic E-state index is 13.9. The van der Waals surface area contributed by atoms with Crippen molar-refractivity contribution < 1.29 is 18.7 Å². The molecule has 2 heterocycles. The van der Waals surface area contributed by atoms with Gasteiger partial charge in [-0.05, 0) is 26.2 Å². The van der Waals surface area contributed by atoms with Gasteiger partial charge in [-0.15, -0.1) is 0 Å². The van der Waals surface area contributed by atoms with E-state index in [-0.39, 0.29) is 23.2 Å². The topological polar surface area (TPSA) is 57.3 Å². The fraction of sp³-hybridized carbons (Fsp3) is 0.667. The predicted octanol–water partition coefficient (Wildman–Crippen LogP) is 1.72. The van der Waals surface area contributed by atoms with E-state index in [0.29, 0.717) is 26.1 Å². The Morgan fingerprint density at radius 2 is 2.07 bits per heavy atom. The van der Waals surface area contributed by atoms with Gasteiger partial charge in [0.2, 0.25) is 0 Å². The van der Waals surface area contributed by atoms with Crippen molar-refractivity contribution >= 4 is 23.5 Å². The molecule has 0 aromatic heterocycles. The Hall–Kier alpha value is -1.87. The minimum Gasteiger partial charge on any atom is -0.474 e. The van der Waals surface area contributed by atoms with Crippen LogP contribution in [-0.2, 0) is 9.47 Å². The molecule has 152 valence electrons. The predicted molar refractivity (Wildman–Crippen MR) is 106 cm³/mol. The number of cyclic esters (lactones) is 1. The smallest absolute Gasteiger partial charge is 0.410 e. The number of thiocarbonyl (C=S) groups is 1. The highest BCUT2D eigenvalue weighted by molar-refractivity contribution is 7.80. The molecule has 2 aliphatic rings. The van der Waals surface area contributed by atoms with Crippen molar-refractivity contribution in [2.24, 2.45) is 0 Å². The lowest BCUT2D eigenvalue weighted by molar-refractivity contribution is 0.134. The van der Waals surface area contributed by atoms with E-state index < -0.39 is 0 Å². The van der Waals surface area contributed by atoms with Crippen molar-refractivity contribution in [1.82, 2.24) is 20.0 Å². The first-order chi connectivity index (χ1) is 12.9. The van der Waals surface area contributed by atoms with Gasteiger partial charge in [-0.2, -0.15) is 0 Å². The van der Waals surface area contributed by atoms with Crippen molar-refractivity contribution in [1.29, 1.82) is 0 Å². The lowest BCUT2D eigenvalue weighted by Crippen LogP contribution is -2.44. The van der Waals surface area contributed by atoms with E-state index in [0.717, 1.165) is 31.9 Å². The Balaban J connectivity index is 1.78. The summed E-state index contributed by atoms with van der Waals surface area (Å²) in [5.74, 6) is -0.148. The molecule has 1 amide bonds. The van der Waals surface area contributed by atoms with Crippen molar-refractivity contribution in [3.63, 3.8) is 0 Å². The largest absolute Gasteiger partial charge is 0.474 e. The van der Waals surface area contributed by atoms with Gasteiger partial charge in [-0.3, -0.25) is 0 Å². The number of rotatable bonds is 7. The third-order valence-electron chi connectivity index (χ3n) is 4.70. The summed E-state index contributed by atoms with van der Waals surface area (Å²) in [5, 5.41) is 3.15. The molecule has 2 aliphatic heterocycles. The molecule has 0 aromatic carbocycles. The molecule has 1 atom stereocenters. The molecule has 1 unspecified atom stereocenters. The first kappa shape index (κ1) is 21.4. The van der Waals surface area contributed by atoms with Crippen molar-refractivity contribution in [3.8, 4) is 0 Å². The minimum absolute atomic E-state index is 0.148. The second kappa shape index (κ2) is 10.5. The second-order valence-electron chi connectivity index (χ2n) is 6.73. The Labute approximate surface area is 165 Å². The van der Waals surface area contributed by atoms with Crippen LogP contribution in [-0.4, -0.2) is 92.0 Å². The van der Waals surface area contributed by atoms with E-state index in [9.17, 15) is 9.18 Å². The van der Waals surface area contributed by atoms with E-state index in [1.165, 1.54) is 14.0 Å². The first-order valence-corrected chi connectivity index (χ1v) is 9.52. The molecule has 0 saturated carbocycles. The number of amides is 1. The van der Waals surface area contributed by atoms with Crippen LogP contribution in [0.5, 0.6) is 0 Å². The van der Waals surface area contributed by atoms with Gasteiger partial charge in [0.25, 0.3) is 5.17 Å². The molecule has 0 aliphatic carbocycles. The van der Waals surface area contributed by atoms with Crippen LogP contribution >= 0.6 is 12.2 Å². The zero-order valence-corrected chi connectivity index (χ0v) is 17.1. The first-order valence-electron chi connectivity index (χ1n) is 9.11. The fourth-order valence-corrected chi connectivity index (χ4v) is 3.14. The number of piperazine rings is 1. The van der Waals surface area contributed by atoms with E-state index in [2.05, 4.69) is 22.2 Å². The molecule has 7 nitrogen and oxygen atoms in total. The standard InChI is InChI=1S/C18H29FN4O3S/c1-14(19)16(22-10-8-21(2)9-11-22)6-4-5-7-23-13-15(26-18(23)24)12-20-17(27)25-3/h4-5,15H,6-13H2,1-3H3,(H,20,27)/b5-4-,16-14-. The van der Waals surface area contributed by atoms with Crippen LogP contribution in [0, 0.1) is 0 Å². The maximum absolute atomic E-state index is 13.9. The number of carbonyl (C=O) groups excluding carboxylic acids is 1. The van der Waals surface area contributed by atoms with Gasteiger partial charge in [0.1, 0.15) is 11.9 Å². The van der Waals surface area contributed by atoms with Gasteiger partial charge in [-0.1, -0.05) is 12.2 Å². The highest BCUT2D eigenvalue weighted by Crippen LogP contribution is 2.18. The van der Waals surface area contributed by atoms with E-state index >= 15 is 0 Å². The quantitative estimate of drug-likeness (QED) is 0.516. The maximum Gasteiger partial charge on any atom is 0.410 e. The number of halogens is 1. The third kappa shape index (κ3) is 6.66. The summed E-state index contributed by atoms with van der Waals surface area (Å²) in [5.41, 5.74) is 0.721. The number of likely N-dealkylation sites (N-methyl/N-ethyl adjacent to an activating group) is 1. The third-order valence-corrected chi connectivity index (χ3v) is 5.01. The number of carbonyl (C=O) groups is 1. The minimum atomic E-state index is -0.355.